The Balaban J connectivity index is 1.48. The smallest absolute Gasteiger partial charge is 0.419 e. The Kier molecular flexibility index (Phi) is 6.66. The Hall–Kier alpha value is -3.83. The summed E-state index contributed by atoms with van der Waals surface area (Å²) in [6.45, 7) is 2.45. The van der Waals surface area contributed by atoms with E-state index in [2.05, 4.69) is 19.8 Å². The van der Waals surface area contributed by atoms with Gasteiger partial charge in [-0.1, -0.05) is 0 Å². The molecule has 1 saturated carbocycles. The lowest BCUT2D eigenvalue weighted by molar-refractivity contribution is -0.138. The largest absolute Gasteiger partial charge is 0.435 e. The van der Waals surface area contributed by atoms with Crippen LogP contribution in [0, 0.1) is 26.7 Å². The van der Waals surface area contributed by atoms with Gasteiger partial charge in [-0.3, -0.25) is 4.68 Å². The maximum atomic E-state index is 13.5. The summed E-state index contributed by atoms with van der Waals surface area (Å²) in [4.78, 5) is 8.53. The van der Waals surface area contributed by atoms with Crippen molar-refractivity contribution in [2.75, 3.05) is 0 Å². The van der Waals surface area contributed by atoms with E-state index in [1.807, 2.05) is 11.6 Å². The minimum atomic E-state index is -4.52. The average Bonchev–Trinajstić information content (AvgIpc) is 3.54. The summed E-state index contributed by atoms with van der Waals surface area (Å²) in [5.41, 5.74) is 2.94. The molecule has 12 heteroatoms. The van der Waals surface area contributed by atoms with Crippen LogP contribution in [0.5, 0.6) is 5.75 Å². The fourth-order valence-corrected chi connectivity index (χ4v) is 4.62. The van der Waals surface area contributed by atoms with E-state index in [0.29, 0.717) is 23.7 Å². The van der Waals surface area contributed by atoms with Gasteiger partial charge in [0.2, 0.25) is 0 Å². The van der Waals surface area contributed by atoms with Crippen LogP contribution in [0.2, 0.25) is 0 Å². The molecule has 0 aliphatic heterocycles. The van der Waals surface area contributed by atoms with Crippen molar-refractivity contribution in [3.05, 3.63) is 70.6 Å². The second kappa shape index (κ2) is 9.80. The van der Waals surface area contributed by atoms with Crippen LogP contribution in [-0.2, 0) is 19.1 Å². The highest BCUT2D eigenvalue weighted by atomic mass is 19.4. The van der Waals surface area contributed by atoms with Crippen molar-refractivity contribution < 1.29 is 26.7 Å². The Morgan fingerprint density at radius 2 is 1.74 bits per heavy atom. The summed E-state index contributed by atoms with van der Waals surface area (Å²) >= 11 is 0. The lowest BCUT2D eigenvalue weighted by atomic mass is 10.0. The molecule has 0 radical (unpaired) electrons. The molecule has 0 amide bonds. The summed E-state index contributed by atoms with van der Waals surface area (Å²) in [6, 6.07) is 7.94. The van der Waals surface area contributed by atoms with Crippen LogP contribution < -0.4 is 4.74 Å². The maximum absolute atomic E-state index is 13.5. The molecule has 0 N–H and O–H groups in total. The van der Waals surface area contributed by atoms with Crippen LogP contribution in [0.1, 0.15) is 46.7 Å². The number of hydrogen-bond donors (Lipinski definition) is 0. The van der Waals surface area contributed by atoms with E-state index in [0.717, 1.165) is 36.2 Å². The summed E-state index contributed by atoms with van der Waals surface area (Å²) in [5.74, 6) is 0.830. The molecular formula is C26H25F5N6O. The van der Waals surface area contributed by atoms with Crippen LogP contribution >= 0.6 is 0 Å². The van der Waals surface area contributed by atoms with Gasteiger partial charge in [-0.25, -0.2) is 14.6 Å². The molecule has 3 heterocycles. The van der Waals surface area contributed by atoms with Gasteiger partial charge in [0, 0.05) is 30.3 Å². The second-order valence-corrected chi connectivity index (χ2v) is 9.45. The second-order valence-electron chi connectivity index (χ2n) is 9.45. The Morgan fingerprint density at radius 1 is 1.03 bits per heavy atom. The maximum Gasteiger partial charge on any atom is 0.419 e. The summed E-state index contributed by atoms with van der Waals surface area (Å²) in [7, 11) is 0. The molecule has 3 aromatic heterocycles. The van der Waals surface area contributed by atoms with Gasteiger partial charge in [-0.05, 0) is 69.4 Å². The van der Waals surface area contributed by atoms with Crippen LogP contribution in [-0.4, -0.2) is 36.1 Å². The number of benzene rings is 1. The number of aryl methyl sites for hydroxylation is 1. The molecule has 7 nitrogen and oxygen atoms in total. The number of nitrogens with zero attached hydrogens (tertiary/aromatic N) is 6. The molecule has 0 atom stereocenters. The van der Waals surface area contributed by atoms with Gasteiger partial charge in [0.1, 0.15) is 12.1 Å². The van der Waals surface area contributed by atoms with Crippen molar-refractivity contribution in [3.63, 3.8) is 0 Å². The number of halogens is 5. The molecular weight excluding hydrogens is 507 g/mol. The number of hydrogen-bond acceptors (Lipinski definition) is 5. The van der Waals surface area contributed by atoms with Crippen LogP contribution in [0.4, 0.5) is 22.0 Å². The van der Waals surface area contributed by atoms with E-state index in [1.54, 1.807) is 18.2 Å². The normalized spacial score (nSPS) is 13.9. The highest BCUT2D eigenvalue weighted by Gasteiger charge is 2.37. The standard InChI is InChI=1S/C26H25F5N6O/c1-14-21(10-19-11-22(33-13-32-19)37-16(3)23(15(2)34-37)26(29,30)31)36(12-17-4-5-17)35-24(14)18-6-8-20(9-7-18)38-25(27)28/h6-9,11,13,17,25H,4-5,10,12H2,1-3H3. The Labute approximate surface area is 215 Å². The first-order chi connectivity index (χ1) is 18.0. The van der Waals surface area contributed by atoms with E-state index in [4.69, 9.17) is 5.10 Å². The molecule has 1 aliphatic rings. The van der Waals surface area contributed by atoms with Crippen molar-refractivity contribution in [1.29, 1.82) is 0 Å². The zero-order valence-electron chi connectivity index (χ0n) is 20.9. The third-order valence-corrected chi connectivity index (χ3v) is 6.65. The molecule has 4 aromatic rings. The summed E-state index contributed by atoms with van der Waals surface area (Å²) in [6.07, 6.45) is -0.600. The molecule has 1 aromatic carbocycles. The van der Waals surface area contributed by atoms with Gasteiger partial charge in [0.05, 0.1) is 28.3 Å². The molecule has 0 unspecified atom stereocenters. The third kappa shape index (κ3) is 5.25. The van der Waals surface area contributed by atoms with E-state index in [1.165, 1.54) is 37.0 Å². The topological polar surface area (TPSA) is 70.7 Å². The number of ether oxygens (including phenoxy) is 1. The molecule has 200 valence electrons. The van der Waals surface area contributed by atoms with Crippen molar-refractivity contribution >= 4 is 0 Å². The summed E-state index contributed by atoms with van der Waals surface area (Å²) < 4.78 is 73.1. The van der Waals surface area contributed by atoms with Gasteiger partial charge in [0.25, 0.3) is 0 Å². The lowest BCUT2D eigenvalue weighted by Gasteiger charge is -2.10. The van der Waals surface area contributed by atoms with Crippen LogP contribution in [0.3, 0.4) is 0 Å². The SMILES string of the molecule is Cc1nn(-c2cc(Cc3c(C)c(-c4ccc(OC(F)F)cc4)nn3CC3CC3)ncn2)c(C)c1C(F)(F)F. The first-order valence-corrected chi connectivity index (χ1v) is 12.1. The van der Waals surface area contributed by atoms with Crippen LogP contribution in [0.25, 0.3) is 17.1 Å². The number of rotatable bonds is 8. The number of aromatic nitrogens is 6. The minimum Gasteiger partial charge on any atom is -0.435 e. The van der Waals surface area contributed by atoms with Crippen molar-refractivity contribution in [2.45, 2.75) is 59.4 Å². The third-order valence-electron chi connectivity index (χ3n) is 6.65. The number of alkyl halides is 5. The van der Waals surface area contributed by atoms with Gasteiger partial charge in [-0.15, -0.1) is 0 Å². The predicted molar refractivity (Wildman–Crippen MR) is 128 cm³/mol. The zero-order chi connectivity index (χ0) is 27.2. The van der Waals surface area contributed by atoms with Gasteiger partial charge in [-0.2, -0.15) is 32.1 Å². The molecule has 0 bridgehead atoms. The molecule has 1 aliphatic carbocycles. The highest BCUT2D eigenvalue weighted by molar-refractivity contribution is 5.65. The van der Waals surface area contributed by atoms with E-state index >= 15 is 0 Å². The van der Waals surface area contributed by atoms with E-state index < -0.39 is 18.4 Å². The molecule has 5 rings (SSSR count). The molecule has 0 saturated heterocycles. The molecule has 1 fully saturated rings. The van der Waals surface area contributed by atoms with Crippen molar-refractivity contribution in [1.82, 2.24) is 29.5 Å². The summed E-state index contributed by atoms with van der Waals surface area (Å²) in [5, 5.41) is 8.90. The van der Waals surface area contributed by atoms with Crippen LogP contribution in [0.15, 0.2) is 36.7 Å². The van der Waals surface area contributed by atoms with Crippen molar-refractivity contribution in [2.24, 2.45) is 5.92 Å². The van der Waals surface area contributed by atoms with Gasteiger partial charge in [0.15, 0.2) is 5.82 Å². The quantitative estimate of drug-likeness (QED) is 0.258. The van der Waals surface area contributed by atoms with E-state index in [-0.39, 0.29) is 23.0 Å². The lowest BCUT2D eigenvalue weighted by Crippen LogP contribution is -2.10. The first-order valence-electron chi connectivity index (χ1n) is 12.1. The molecule has 38 heavy (non-hydrogen) atoms. The zero-order valence-corrected chi connectivity index (χ0v) is 20.9. The molecule has 0 spiro atoms. The Bertz CT molecular complexity index is 1450. The minimum absolute atomic E-state index is 0.0452. The fraction of sp³-hybridized carbons (Fsp3) is 0.385. The van der Waals surface area contributed by atoms with E-state index in [9.17, 15) is 22.0 Å². The highest BCUT2D eigenvalue weighted by Crippen LogP contribution is 2.36. The van der Waals surface area contributed by atoms with Crippen molar-refractivity contribution in [3.8, 4) is 22.8 Å². The fourth-order valence-electron chi connectivity index (χ4n) is 4.62. The van der Waals surface area contributed by atoms with Gasteiger partial charge >= 0.3 is 12.8 Å². The average molecular weight is 533 g/mol. The predicted octanol–water partition coefficient (Wildman–Crippen LogP) is 6.07. The van der Waals surface area contributed by atoms with Gasteiger partial charge < -0.3 is 4.74 Å². The monoisotopic (exact) mass is 532 g/mol. The first kappa shape index (κ1) is 25.8. The Morgan fingerprint density at radius 3 is 2.34 bits per heavy atom.